The first-order valence-corrected chi connectivity index (χ1v) is 4.99. The van der Waals surface area contributed by atoms with E-state index in [2.05, 4.69) is 32.6 Å². The Morgan fingerprint density at radius 3 is 1.92 bits per heavy atom. The highest BCUT2D eigenvalue weighted by atomic mass is 16.7. The fraction of sp³-hybridized carbons (Fsp3) is 1.00. The number of rotatable bonds is 2. The summed E-state index contributed by atoms with van der Waals surface area (Å²) in [6.07, 6.45) is 0.923. The molecule has 0 radical (unpaired) electrons. The van der Waals surface area contributed by atoms with Crippen molar-refractivity contribution in [2.24, 2.45) is 0 Å². The molecule has 0 spiro atoms. The minimum Gasteiger partial charge on any atom is -0.402 e. The van der Waals surface area contributed by atoms with Gasteiger partial charge >= 0.3 is 7.12 Å². The van der Waals surface area contributed by atoms with Crippen LogP contribution in [0.2, 0.25) is 0 Å². The molecule has 0 aromatic heterocycles. The van der Waals surface area contributed by atoms with Crippen molar-refractivity contribution in [2.75, 3.05) is 19.5 Å². The van der Waals surface area contributed by atoms with Gasteiger partial charge < -0.3 is 14.2 Å². The Hall–Kier alpha value is -0.0551. The fourth-order valence-electron chi connectivity index (χ4n) is 1.50. The molecule has 2 saturated heterocycles. The van der Waals surface area contributed by atoms with E-state index in [1.807, 2.05) is 0 Å². The molecule has 0 atom stereocenters. The molecule has 4 heteroatoms. The van der Waals surface area contributed by atoms with Gasteiger partial charge in [0.05, 0.1) is 11.2 Å². The molecule has 0 saturated carbocycles. The maximum Gasteiger partial charge on any atom is 0.472 e. The zero-order chi connectivity index (χ0) is 9.69. The fourth-order valence-corrected chi connectivity index (χ4v) is 1.50. The molecule has 2 aliphatic rings. The van der Waals surface area contributed by atoms with Gasteiger partial charge in [-0.2, -0.15) is 0 Å². The summed E-state index contributed by atoms with van der Waals surface area (Å²) in [5.41, 5.74) is -0.346. The smallest absolute Gasteiger partial charge is 0.402 e. The molecular weight excluding hydrogens is 165 g/mol. The first-order chi connectivity index (χ1) is 5.91. The quantitative estimate of drug-likeness (QED) is 0.469. The van der Waals surface area contributed by atoms with Crippen molar-refractivity contribution in [3.05, 3.63) is 0 Å². The Morgan fingerprint density at radius 1 is 1.08 bits per heavy atom. The minimum absolute atomic E-state index is 0.0347. The summed E-state index contributed by atoms with van der Waals surface area (Å²) in [6.45, 7) is 10.8. The van der Waals surface area contributed by atoms with E-state index in [0.29, 0.717) is 0 Å². The van der Waals surface area contributed by atoms with Crippen molar-refractivity contribution in [2.45, 2.75) is 38.9 Å². The van der Waals surface area contributed by atoms with Gasteiger partial charge in [-0.15, -0.1) is 0 Å². The second kappa shape index (κ2) is 2.72. The van der Waals surface area contributed by atoms with Gasteiger partial charge in [-0.1, -0.05) is 0 Å². The van der Waals surface area contributed by atoms with E-state index in [4.69, 9.17) is 9.31 Å². The molecular formula is C9H18BNO2. The lowest BCUT2D eigenvalue weighted by Crippen LogP contribution is -2.41. The highest BCUT2D eigenvalue weighted by Crippen LogP contribution is 2.36. The van der Waals surface area contributed by atoms with Gasteiger partial charge in [0.25, 0.3) is 0 Å². The van der Waals surface area contributed by atoms with Crippen LogP contribution in [-0.2, 0) is 9.31 Å². The van der Waals surface area contributed by atoms with Crippen LogP contribution in [0.3, 0.4) is 0 Å². The van der Waals surface area contributed by atoms with Crippen molar-refractivity contribution < 1.29 is 9.31 Å². The topological polar surface area (TPSA) is 21.5 Å². The maximum atomic E-state index is 5.85. The predicted octanol–water partition coefficient (Wildman–Crippen LogP) is 0.933. The Kier molecular flexibility index (Phi) is 1.99. The Balaban J connectivity index is 1.96. The Morgan fingerprint density at radius 2 is 1.54 bits per heavy atom. The minimum atomic E-state index is -0.173. The van der Waals surface area contributed by atoms with Crippen LogP contribution in [0, 0.1) is 0 Å². The molecule has 3 nitrogen and oxygen atoms in total. The molecule has 2 fully saturated rings. The number of hydrogen-bond acceptors (Lipinski definition) is 3. The van der Waals surface area contributed by atoms with E-state index < -0.39 is 0 Å². The Bertz CT molecular complexity index is 198. The normalized spacial score (nSPS) is 30.9. The Labute approximate surface area is 80.5 Å². The first kappa shape index (κ1) is 9.50. The lowest BCUT2D eigenvalue weighted by Gasteiger charge is -2.32. The summed E-state index contributed by atoms with van der Waals surface area (Å²) < 4.78 is 11.7. The van der Waals surface area contributed by atoms with E-state index in [0.717, 1.165) is 6.44 Å². The third-order valence-electron chi connectivity index (χ3n) is 3.25. The molecule has 0 N–H and O–H groups in total. The van der Waals surface area contributed by atoms with Gasteiger partial charge in [-0.3, -0.25) is 0 Å². The van der Waals surface area contributed by atoms with Gasteiger partial charge in [0.2, 0.25) is 0 Å². The van der Waals surface area contributed by atoms with Crippen LogP contribution in [0.1, 0.15) is 27.7 Å². The van der Waals surface area contributed by atoms with Crippen LogP contribution in [0.4, 0.5) is 0 Å². The molecule has 2 heterocycles. The second-order valence-corrected chi connectivity index (χ2v) is 4.99. The predicted molar refractivity (Wildman–Crippen MR) is 52.5 cm³/mol. The first-order valence-electron chi connectivity index (χ1n) is 4.99. The van der Waals surface area contributed by atoms with Crippen molar-refractivity contribution in [3.63, 3.8) is 0 Å². The molecule has 2 rings (SSSR count). The monoisotopic (exact) mass is 183 g/mol. The molecule has 0 aromatic rings. The van der Waals surface area contributed by atoms with E-state index in [1.54, 1.807) is 0 Å². The van der Waals surface area contributed by atoms with Gasteiger partial charge in [0, 0.05) is 19.5 Å². The van der Waals surface area contributed by atoms with Gasteiger partial charge in [0.15, 0.2) is 0 Å². The zero-order valence-corrected chi connectivity index (χ0v) is 8.96. The number of hydrogen-bond donors (Lipinski definition) is 0. The van der Waals surface area contributed by atoms with Crippen LogP contribution >= 0.6 is 0 Å². The molecule has 0 aliphatic carbocycles. The van der Waals surface area contributed by atoms with Crippen LogP contribution in [0.5, 0.6) is 0 Å². The van der Waals surface area contributed by atoms with Crippen LogP contribution < -0.4 is 0 Å². The average molecular weight is 183 g/mol. The second-order valence-electron chi connectivity index (χ2n) is 4.99. The molecule has 0 aromatic carbocycles. The zero-order valence-electron chi connectivity index (χ0n) is 8.96. The summed E-state index contributed by atoms with van der Waals surface area (Å²) in [5, 5.41) is 0. The van der Waals surface area contributed by atoms with Crippen molar-refractivity contribution in [1.82, 2.24) is 4.90 Å². The SMILES string of the molecule is CC1(C)OB(CN2CC2)OC1(C)C. The van der Waals surface area contributed by atoms with E-state index in [1.165, 1.54) is 13.1 Å². The van der Waals surface area contributed by atoms with Gasteiger partial charge in [-0.05, 0) is 27.7 Å². The van der Waals surface area contributed by atoms with Gasteiger partial charge in [0.1, 0.15) is 0 Å². The highest BCUT2D eigenvalue weighted by Gasteiger charge is 2.51. The summed E-state index contributed by atoms with van der Waals surface area (Å²) in [7, 11) is -0.0347. The van der Waals surface area contributed by atoms with Gasteiger partial charge in [-0.25, -0.2) is 0 Å². The van der Waals surface area contributed by atoms with Crippen molar-refractivity contribution >= 4 is 7.12 Å². The van der Waals surface area contributed by atoms with Crippen LogP contribution in [0.25, 0.3) is 0 Å². The van der Waals surface area contributed by atoms with E-state index in [-0.39, 0.29) is 18.3 Å². The van der Waals surface area contributed by atoms with E-state index in [9.17, 15) is 0 Å². The summed E-state index contributed by atoms with van der Waals surface area (Å²) >= 11 is 0. The summed E-state index contributed by atoms with van der Waals surface area (Å²) in [4.78, 5) is 2.32. The number of nitrogens with zero attached hydrogens (tertiary/aromatic N) is 1. The largest absolute Gasteiger partial charge is 0.472 e. The summed E-state index contributed by atoms with van der Waals surface area (Å²) in [6, 6.07) is 0. The third-order valence-corrected chi connectivity index (χ3v) is 3.25. The average Bonchev–Trinajstić information content (AvgIpc) is 2.64. The van der Waals surface area contributed by atoms with E-state index >= 15 is 0 Å². The summed E-state index contributed by atoms with van der Waals surface area (Å²) in [5.74, 6) is 0. The molecule has 0 unspecified atom stereocenters. The van der Waals surface area contributed by atoms with Crippen LogP contribution in [0.15, 0.2) is 0 Å². The molecule has 2 aliphatic heterocycles. The molecule has 0 bridgehead atoms. The van der Waals surface area contributed by atoms with Crippen molar-refractivity contribution in [1.29, 1.82) is 0 Å². The highest BCUT2D eigenvalue weighted by molar-refractivity contribution is 6.45. The lowest BCUT2D eigenvalue weighted by atomic mass is 9.90. The lowest BCUT2D eigenvalue weighted by molar-refractivity contribution is 0.00578. The van der Waals surface area contributed by atoms with Crippen molar-refractivity contribution in [3.8, 4) is 0 Å². The molecule has 13 heavy (non-hydrogen) atoms. The molecule has 0 amide bonds. The molecule has 74 valence electrons. The van der Waals surface area contributed by atoms with Crippen LogP contribution in [-0.4, -0.2) is 42.8 Å². The maximum absolute atomic E-state index is 5.85. The third kappa shape index (κ3) is 1.76. The standard InChI is InChI=1S/C9H18BNO2/c1-8(2)9(3,4)13-10(12-8)7-11-5-6-11/h5-7H2,1-4H3.